The zero-order valence-electron chi connectivity index (χ0n) is 10.7. The summed E-state index contributed by atoms with van der Waals surface area (Å²) in [6.45, 7) is 3.85. The third-order valence-electron chi connectivity index (χ3n) is 2.15. The van der Waals surface area contributed by atoms with Gasteiger partial charge in [-0.1, -0.05) is 6.92 Å². The van der Waals surface area contributed by atoms with E-state index in [2.05, 4.69) is 4.72 Å². The van der Waals surface area contributed by atoms with E-state index < -0.39 is 10.0 Å². The molecule has 0 amide bonds. The highest BCUT2D eigenvalue weighted by Crippen LogP contribution is 2.27. The van der Waals surface area contributed by atoms with Crippen LogP contribution in [0.2, 0.25) is 0 Å². The number of carbonyl (C=O) groups excluding carboxylic acids is 1. The second kappa shape index (κ2) is 5.86. The van der Waals surface area contributed by atoms with Crippen LogP contribution in [-0.2, 0) is 10.0 Å². The number of Topliss-reactive ketones (excluding diaryl/α,β-unsaturated/α-hetero) is 1. The Morgan fingerprint density at radius 1 is 1.39 bits per heavy atom. The molecule has 0 aliphatic rings. The number of sulfonamides is 1. The van der Waals surface area contributed by atoms with Gasteiger partial charge < -0.3 is 4.74 Å². The Morgan fingerprint density at radius 2 is 2.06 bits per heavy atom. The van der Waals surface area contributed by atoms with Crippen LogP contribution < -0.4 is 9.46 Å². The standard InChI is InChI=1S/C12H17NO4S/c1-4-7-17-12-8-10(9(2)14)5-6-11(12)13-18(3,15)16/h5-6,8,13H,4,7H2,1-3H3. The number of rotatable bonds is 6. The van der Waals surface area contributed by atoms with Gasteiger partial charge in [0.25, 0.3) is 0 Å². The lowest BCUT2D eigenvalue weighted by molar-refractivity contribution is 0.101. The molecular weight excluding hydrogens is 254 g/mol. The highest BCUT2D eigenvalue weighted by atomic mass is 32.2. The Balaban J connectivity index is 3.11. The number of anilines is 1. The average Bonchev–Trinajstić information content (AvgIpc) is 2.25. The van der Waals surface area contributed by atoms with E-state index in [0.717, 1.165) is 12.7 Å². The first-order chi connectivity index (χ1) is 8.33. The predicted molar refractivity (Wildman–Crippen MR) is 70.7 cm³/mol. The molecule has 0 aliphatic heterocycles. The quantitative estimate of drug-likeness (QED) is 0.804. The van der Waals surface area contributed by atoms with Gasteiger partial charge in [0, 0.05) is 5.56 Å². The van der Waals surface area contributed by atoms with Gasteiger partial charge in [-0.2, -0.15) is 0 Å². The molecule has 6 heteroatoms. The van der Waals surface area contributed by atoms with E-state index in [1.807, 2.05) is 6.92 Å². The fourth-order valence-electron chi connectivity index (χ4n) is 1.36. The topological polar surface area (TPSA) is 72.5 Å². The molecular formula is C12H17NO4S. The second-order valence-corrected chi connectivity index (χ2v) is 5.74. The molecule has 0 saturated heterocycles. The van der Waals surface area contributed by atoms with E-state index in [9.17, 15) is 13.2 Å². The van der Waals surface area contributed by atoms with Gasteiger partial charge in [0.05, 0.1) is 18.6 Å². The monoisotopic (exact) mass is 271 g/mol. The van der Waals surface area contributed by atoms with Crippen molar-refractivity contribution in [1.29, 1.82) is 0 Å². The molecule has 0 atom stereocenters. The summed E-state index contributed by atoms with van der Waals surface area (Å²) in [7, 11) is -3.37. The van der Waals surface area contributed by atoms with Crippen LogP contribution in [0, 0.1) is 0 Å². The smallest absolute Gasteiger partial charge is 0.229 e. The second-order valence-electron chi connectivity index (χ2n) is 3.99. The molecule has 0 spiro atoms. The van der Waals surface area contributed by atoms with Crippen LogP contribution in [0.4, 0.5) is 5.69 Å². The molecule has 1 rings (SSSR count). The Kier molecular flexibility index (Phi) is 4.72. The Bertz CT molecular complexity index is 537. The van der Waals surface area contributed by atoms with Crippen molar-refractivity contribution >= 4 is 21.5 Å². The number of benzene rings is 1. The fourth-order valence-corrected chi connectivity index (χ4v) is 1.92. The number of hydrogen-bond acceptors (Lipinski definition) is 4. The lowest BCUT2D eigenvalue weighted by atomic mass is 10.1. The van der Waals surface area contributed by atoms with Crippen LogP contribution in [0.25, 0.3) is 0 Å². The van der Waals surface area contributed by atoms with Crippen molar-refractivity contribution in [3.63, 3.8) is 0 Å². The minimum absolute atomic E-state index is 0.0951. The molecule has 0 aromatic heterocycles. The number of hydrogen-bond donors (Lipinski definition) is 1. The molecule has 1 aromatic carbocycles. The lowest BCUT2D eigenvalue weighted by Crippen LogP contribution is -2.11. The molecule has 100 valence electrons. The largest absolute Gasteiger partial charge is 0.491 e. The van der Waals surface area contributed by atoms with Crippen LogP contribution >= 0.6 is 0 Å². The van der Waals surface area contributed by atoms with Gasteiger partial charge in [-0.25, -0.2) is 8.42 Å². The third-order valence-corrected chi connectivity index (χ3v) is 2.74. The number of nitrogens with one attached hydrogen (secondary N) is 1. The molecule has 0 saturated carbocycles. The van der Waals surface area contributed by atoms with Crippen LogP contribution in [0.5, 0.6) is 5.75 Å². The van der Waals surface area contributed by atoms with Crippen molar-refractivity contribution in [2.24, 2.45) is 0 Å². The number of ether oxygens (including phenoxy) is 1. The number of ketones is 1. The Labute approximate surface area is 107 Å². The van der Waals surface area contributed by atoms with E-state index >= 15 is 0 Å². The molecule has 0 unspecified atom stereocenters. The number of carbonyl (C=O) groups is 1. The minimum Gasteiger partial charge on any atom is -0.491 e. The molecule has 5 nitrogen and oxygen atoms in total. The van der Waals surface area contributed by atoms with E-state index in [4.69, 9.17) is 4.74 Å². The molecule has 18 heavy (non-hydrogen) atoms. The van der Waals surface area contributed by atoms with Gasteiger partial charge >= 0.3 is 0 Å². The van der Waals surface area contributed by atoms with E-state index in [0.29, 0.717) is 23.6 Å². The van der Waals surface area contributed by atoms with Crippen molar-refractivity contribution < 1.29 is 17.9 Å². The fraction of sp³-hybridized carbons (Fsp3) is 0.417. The van der Waals surface area contributed by atoms with Crippen molar-refractivity contribution in [2.45, 2.75) is 20.3 Å². The van der Waals surface area contributed by atoms with Crippen molar-refractivity contribution in [3.8, 4) is 5.75 Å². The molecule has 0 fully saturated rings. The molecule has 1 aromatic rings. The van der Waals surface area contributed by atoms with Gasteiger partial charge in [0.1, 0.15) is 5.75 Å². The first-order valence-corrected chi connectivity index (χ1v) is 7.48. The first kappa shape index (κ1) is 14.5. The van der Waals surface area contributed by atoms with Gasteiger partial charge in [-0.05, 0) is 31.5 Å². The highest BCUT2D eigenvalue weighted by Gasteiger charge is 2.11. The summed E-state index contributed by atoms with van der Waals surface area (Å²) in [6, 6.07) is 4.64. The molecule has 0 aliphatic carbocycles. The normalized spacial score (nSPS) is 11.1. The van der Waals surface area contributed by atoms with Gasteiger partial charge in [-0.3, -0.25) is 9.52 Å². The maximum atomic E-state index is 11.3. The van der Waals surface area contributed by atoms with Crippen LogP contribution in [0.1, 0.15) is 30.6 Å². The van der Waals surface area contributed by atoms with E-state index in [1.54, 1.807) is 12.1 Å². The summed E-state index contributed by atoms with van der Waals surface area (Å²) in [4.78, 5) is 11.3. The van der Waals surface area contributed by atoms with Crippen molar-refractivity contribution in [1.82, 2.24) is 0 Å². The highest BCUT2D eigenvalue weighted by molar-refractivity contribution is 7.92. The van der Waals surface area contributed by atoms with Crippen LogP contribution in [0.15, 0.2) is 18.2 Å². The molecule has 0 radical (unpaired) electrons. The van der Waals surface area contributed by atoms with Gasteiger partial charge in [0.15, 0.2) is 5.78 Å². The van der Waals surface area contributed by atoms with Gasteiger partial charge in [0.2, 0.25) is 10.0 Å². The summed E-state index contributed by atoms with van der Waals surface area (Å²) >= 11 is 0. The zero-order valence-corrected chi connectivity index (χ0v) is 11.5. The summed E-state index contributed by atoms with van der Waals surface area (Å²) in [5, 5.41) is 0. The van der Waals surface area contributed by atoms with E-state index in [-0.39, 0.29) is 5.78 Å². The predicted octanol–water partition coefficient (Wildman–Crippen LogP) is 2.05. The van der Waals surface area contributed by atoms with Gasteiger partial charge in [-0.15, -0.1) is 0 Å². The lowest BCUT2D eigenvalue weighted by Gasteiger charge is -2.12. The maximum absolute atomic E-state index is 11.3. The summed E-state index contributed by atoms with van der Waals surface area (Å²) < 4.78 is 30.2. The Hall–Kier alpha value is -1.56. The van der Waals surface area contributed by atoms with Crippen LogP contribution in [0.3, 0.4) is 0 Å². The summed E-state index contributed by atoms with van der Waals surface area (Å²) in [5.41, 5.74) is 0.830. The molecule has 1 N–H and O–H groups in total. The minimum atomic E-state index is -3.37. The molecule has 0 bridgehead atoms. The zero-order chi connectivity index (χ0) is 13.8. The maximum Gasteiger partial charge on any atom is 0.229 e. The summed E-state index contributed by atoms with van der Waals surface area (Å²) in [5.74, 6) is 0.275. The van der Waals surface area contributed by atoms with Crippen molar-refractivity contribution in [2.75, 3.05) is 17.6 Å². The first-order valence-electron chi connectivity index (χ1n) is 5.59. The Morgan fingerprint density at radius 3 is 2.56 bits per heavy atom. The SMILES string of the molecule is CCCOc1cc(C(C)=O)ccc1NS(C)(=O)=O. The van der Waals surface area contributed by atoms with Crippen molar-refractivity contribution in [3.05, 3.63) is 23.8 Å². The molecule has 0 heterocycles. The van der Waals surface area contributed by atoms with Crippen LogP contribution in [-0.4, -0.2) is 27.1 Å². The average molecular weight is 271 g/mol. The summed E-state index contributed by atoms with van der Waals surface area (Å²) in [6.07, 6.45) is 1.86. The third kappa shape index (κ3) is 4.37. The van der Waals surface area contributed by atoms with E-state index in [1.165, 1.54) is 13.0 Å².